The maximum absolute atomic E-state index is 10.3. The summed E-state index contributed by atoms with van der Waals surface area (Å²) in [6.45, 7) is 4.73. The van der Waals surface area contributed by atoms with E-state index in [1.165, 1.54) is 0 Å². The Morgan fingerprint density at radius 3 is 2.67 bits per heavy atom. The van der Waals surface area contributed by atoms with E-state index < -0.39 is 0 Å². The van der Waals surface area contributed by atoms with Crippen molar-refractivity contribution in [2.75, 3.05) is 6.61 Å². The first kappa shape index (κ1) is 8.01. The van der Waals surface area contributed by atoms with Gasteiger partial charge in [0.2, 0.25) is 0 Å². The lowest BCUT2D eigenvalue weighted by molar-refractivity contribution is -0.142. The normalized spacial score (nSPS) is 8.56. The topological polar surface area (TPSA) is 46.5 Å². The molecule has 0 aromatic carbocycles. The zero-order valence-corrected chi connectivity index (χ0v) is 5.39. The molecule has 0 aromatic rings. The second-order valence-electron chi connectivity index (χ2n) is 1.58. The van der Waals surface area contributed by atoms with E-state index in [0.717, 1.165) is 0 Å². The molecule has 0 saturated carbocycles. The smallest absolute Gasteiger partial charge is 0.305 e. The third-order valence-corrected chi connectivity index (χ3v) is 0.688. The molecule has 0 radical (unpaired) electrons. The van der Waals surface area contributed by atoms with Crippen molar-refractivity contribution in [1.82, 2.24) is 0 Å². The van der Waals surface area contributed by atoms with Crippen molar-refractivity contribution < 1.29 is 14.6 Å². The van der Waals surface area contributed by atoms with Crippen LogP contribution in [0.15, 0.2) is 12.3 Å². The van der Waals surface area contributed by atoms with Gasteiger partial charge in [0.15, 0.2) is 0 Å². The Labute approximate surface area is 53.9 Å². The molecule has 0 aliphatic rings. The molecule has 3 nitrogen and oxygen atoms in total. The molecule has 1 N–H and O–H groups in total. The van der Waals surface area contributed by atoms with Gasteiger partial charge in [0.1, 0.15) is 12.4 Å². The molecule has 0 spiro atoms. The van der Waals surface area contributed by atoms with Crippen LogP contribution in [0.4, 0.5) is 0 Å². The summed E-state index contributed by atoms with van der Waals surface area (Å²) in [7, 11) is 0. The van der Waals surface area contributed by atoms with E-state index in [2.05, 4.69) is 11.3 Å². The van der Waals surface area contributed by atoms with Crippen LogP contribution < -0.4 is 0 Å². The summed E-state index contributed by atoms with van der Waals surface area (Å²) < 4.78 is 4.46. The molecule has 0 amide bonds. The van der Waals surface area contributed by atoms with Gasteiger partial charge in [-0.3, -0.25) is 4.79 Å². The molecule has 0 saturated heterocycles. The van der Waals surface area contributed by atoms with E-state index in [1.54, 1.807) is 6.92 Å². The monoisotopic (exact) mass is 130 g/mol. The highest BCUT2D eigenvalue weighted by molar-refractivity contribution is 5.68. The lowest BCUT2D eigenvalue weighted by Crippen LogP contribution is -2.04. The summed E-state index contributed by atoms with van der Waals surface area (Å²) in [6.07, 6.45) is 0.327. The minimum atomic E-state index is -0.329. The summed E-state index contributed by atoms with van der Waals surface area (Å²) in [5.41, 5.74) is 0. The van der Waals surface area contributed by atoms with Crippen molar-refractivity contribution >= 4 is 5.97 Å². The fourth-order valence-electron chi connectivity index (χ4n) is 0.266. The van der Waals surface area contributed by atoms with Crippen LogP contribution in [0.5, 0.6) is 0 Å². The molecule has 0 aromatic heterocycles. The Hall–Kier alpha value is -0.990. The highest BCUT2D eigenvalue weighted by Gasteiger charge is 1.96. The predicted molar refractivity (Wildman–Crippen MR) is 33.0 cm³/mol. The second kappa shape index (κ2) is 3.95. The molecule has 52 valence electrons. The molecule has 0 bridgehead atoms. The number of carbonyl (C=O) groups excluding carboxylic acids is 1. The highest BCUT2D eigenvalue weighted by Crippen LogP contribution is 1.88. The number of ether oxygens (including phenoxy) is 1. The maximum atomic E-state index is 10.3. The van der Waals surface area contributed by atoms with Gasteiger partial charge in [0.05, 0.1) is 0 Å². The quantitative estimate of drug-likeness (QED) is 0.458. The molecule has 0 atom stereocenters. The van der Waals surface area contributed by atoms with Crippen LogP contribution in [0.1, 0.15) is 13.3 Å². The van der Waals surface area contributed by atoms with E-state index in [0.29, 0.717) is 6.42 Å². The third kappa shape index (κ3) is 4.87. The summed E-state index contributed by atoms with van der Waals surface area (Å²) in [5.74, 6) is -0.456. The fraction of sp³-hybridized carbons (Fsp3) is 0.500. The first-order valence-corrected chi connectivity index (χ1v) is 2.69. The molecule has 9 heavy (non-hydrogen) atoms. The summed E-state index contributed by atoms with van der Waals surface area (Å²) in [4.78, 5) is 10.3. The number of hydrogen-bond donors (Lipinski definition) is 1. The third-order valence-electron chi connectivity index (χ3n) is 0.688. The molecule has 0 fully saturated rings. The van der Waals surface area contributed by atoms with Crippen molar-refractivity contribution in [3.05, 3.63) is 12.3 Å². The fourth-order valence-corrected chi connectivity index (χ4v) is 0.266. The van der Waals surface area contributed by atoms with Gasteiger partial charge in [-0.1, -0.05) is 13.5 Å². The molecule has 3 heteroatoms. The van der Waals surface area contributed by atoms with Gasteiger partial charge in [-0.2, -0.15) is 0 Å². The number of hydrogen-bond acceptors (Lipinski definition) is 3. The van der Waals surface area contributed by atoms with E-state index in [-0.39, 0.29) is 18.3 Å². The van der Waals surface area contributed by atoms with Crippen LogP contribution in [-0.2, 0) is 9.53 Å². The Morgan fingerprint density at radius 2 is 2.33 bits per heavy atom. The van der Waals surface area contributed by atoms with Gasteiger partial charge in [0.25, 0.3) is 0 Å². The van der Waals surface area contributed by atoms with Crippen LogP contribution >= 0.6 is 0 Å². The largest absolute Gasteiger partial charge is 0.509 e. The predicted octanol–water partition coefficient (Wildman–Crippen LogP) is 1.01. The van der Waals surface area contributed by atoms with Gasteiger partial charge in [-0.25, -0.2) is 0 Å². The zero-order chi connectivity index (χ0) is 7.28. The van der Waals surface area contributed by atoms with Crippen LogP contribution in [0, 0.1) is 0 Å². The van der Waals surface area contributed by atoms with E-state index in [9.17, 15) is 4.79 Å². The number of carbonyl (C=O) groups is 1. The molecule has 0 aliphatic heterocycles. The van der Waals surface area contributed by atoms with Crippen LogP contribution in [0.2, 0.25) is 0 Å². The lowest BCUT2D eigenvalue weighted by Gasteiger charge is -1.98. The highest BCUT2D eigenvalue weighted by atomic mass is 16.5. The zero-order valence-electron chi connectivity index (χ0n) is 5.39. The Bertz CT molecular complexity index is 117. The van der Waals surface area contributed by atoms with Crippen LogP contribution in [-0.4, -0.2) is 17.7 Å². The standard InChI is InChI=1S/C6H10O3/c1-3-6(8)9-4-5(2)7/h7H,2-4H2,1H3. The van der Waals surface area contributed by atoms with Crippen molar-refractivity contribution in [1.29, 1.82) is 0 Å². The van der Waals surface area contributed by atoms with E-state index in [1.807, 2.05) is 0 Å². The molecular weight excluding hydrogens is 120 g/mol. The molecule has 0 heterocycles. The number of aliphatic hydroxyl groups is 1. The number of esters is 1. The summed E-state index contributed by atoms with van der Waals surface area (Å²) in [5, 5.41) is 8.43. The average Bonchev–Trinajstić information content (AvgIpc) is 1.83. The van der Waals surface area contributed by atoms with E-state index >= 15 is 0 Å². The molecule has 0 aliphatic carbocycles. The minimum absolute atomic E-state index is 0.0906. The first-order valence-electron chi connectivity index (χ1n) is 2.69. The van der Waals surface area contributed by atoms with E-state index in [4.69, 9.17) is 5.11 Å². The Balaban J connectivity index is 3.28. The van der Waals surface area contributed by atoms with Gasteiger partial charge in [-0.05, 0) is 0 Å². The molecule has 0 rings (SSSR count). The minimum Gasteiger partial charge on any atom is -0.509 e. The summed E-state index contributed by atoms with van der Waals surface area (Å²) >= 11 is 0. The first-order chi connectivity index (χ1) is 4.16. The van der Waals surface area contributed by atoms with Crippen LogP contribution in [0.25, 0.3) is 0 Å². The maximum Gasteiger partial charge on any atom is 0.305 e. The van der Waals surface area contributed by atoms with Crippen molar-refractivity contribution in [2.45, 2.75) is 13.3 Å². The van der Waals surface area contributed by atoms with Gasteiger partial charge in [-0.15, -0.1) is 0 Å². The van der Waals surface area contributed by atoms with Crippen molar-refractivity contribution in [2.24, 2.45) is 0 Å². The second-order valence-corrected chi connectivity index (χ2v) is 1.58. The Morgan fingerprint density at radius 1 is 1.78 bits per heavy atom. The van der Waals surface area contributed by atoms with Crippen molar-refractivity contribution in [3.63, 3.8) is 0 Å². The average molecular weight is 130 g/mol. The summed E-state index contributed by atoms with van der Waals surface area (Å²) in [6, 6.07) is 0. The number of aliphatic hydroxyl groups excluding tert-OH is 1. The molecular formula is C6H10O3. The van der Waals surface area contributed by atoms with Gasteiger partial charge >= 0.3 is 5.97 Å². The SMILES string of the molecule is C=C(O)COC(=O)CC. The van der Waals surface area contributed by atoms with Crippen molar-refractivity contribution in [3.8, 4) is 0 Å². The van der Waals surface area contributed by atoms with Crippen LogP contribution in [0.3, 0.4) is 0 Å². The lowest BCUT2D eigenvalue weighted by atomic mass is 10.5. The Kier molecular flexibility index (Phi) is 3.51. The number of rotatable bonds is 3. The molecule has 0 unspecified atom stereocenters. The van der Waals surface area contributed by atoms with Gasteiger partial charge in [0, 0.05) is 6.42 Å². The van der Waals surface area contributed by atoms with Gasteiger partial charge < -0.3 is 9.84 Å².